The fourth-order valence-electron chi connectivity index (χ4n) is 2.29. The molecular weight excluding hydrogens is 309 g/mol. The number of aromatic nitrogens is 3. The van der Waals surface area contributed by atoms with Crippen molar-refractivity contribution in [3.63, 3.8) is 0 Å². The topological polar surface area (TPSA) is 42.8 Å². The molecular formula is C14H14FN3OS2. The molecule has 0 aliphatic rings. The van der Waals surface area contributed by atoms with E-state index in [4.69, 9.17) is 17.0 Å². The van der Waals surface area contributed by atoms with Crippen LogP contribution in [0, 0.1) is 17.5 Å². The third kappa shape index (κ3) is 2.71. The summed E-state index contributed by atoms with van der Waals surface area (Å²) in [5.74, 6) is -0.182. The number of imidazole rings is 1. The van der Waals surface area contributed by atoms with E-state index in [9.17, 15) is 4.39 Å². The van der Waals surface area contributed by atoms with E-state index in [0.29, 0.717) is 16.8 Å². The van der Waals surface area contributed by atoms with Gasteiger partial charge in [-0.25, -0.2) is 9.37 Å². The molecule has 0 amide bonds. The number of hydrogen-bond acceptors (Lipinski definition) is 4. The van der Waals surface area contributed by atoms with Gasteiger partial charge in [-0.1, -0.05) is 0 Å². The molecule has 0 spiro atoms. The molecule has 0 saturated heterocycles. The van der Waals surface area contributed by atoms with Crippen molar-refractivity contribution < 1.29 is 9.13 Å². The first kappa shape index (κ1) is 14.2. The standard InChI is InChI=1S/C14H14FN3OS2/c1-8-16-9(7-21-8)3-4-18-12-6-13(19-2)10(15)5-11(12)17-14(18)20/h5-7H,3-4H2,1-2H3,(H,17,20). The molecule has 0 saturated carbocycles. The minimum absolute atomic E-state index is 0.217. The van der Waals surface area contributed by atoms with Gasteiger partial charge in [-0.15, -0.1) is 11.3 Å². The summed E-state index contributed by atoms with van der Waals surface area (Å²) < 4.78 is 21.3. The molecule has 3 rings (SSSR count). The lowest BCUT2D eigenvalue weighted by atomic mass is 10.2. The number of aryl methyl sites for hydroxylation is 3. The third-order valence-corrected chi connectivity index (χ3v) is 4.45. The number of rotatable bonds is 4. The van der Waals surface area contributed by atoms with E-state index in [1.807, 2.05) is 16.9 Å². The molecule has 1 aromatic carbocycles. The second-order valence-electron chi connectivity index (χ2n) is 4.69. The predicted octanol–water partition coefficient (Wildman–Crippen LogP) is 3.85. The first-order chi connectivity index (χ1) is 10.1. The molecule has 21 heavy (non-hydrogen) atoms. The van der Waals surface area contributed by atoms with Crippen molar-refractivity contribution in [2.75, 3.05) is 7.11 Å². The summed E-state index contributed by atoms with van der Waals surface area (Å²) in [6.07, 6.45) is 0.783. The molecule has 0 aliphatic carbocycles. The molecule has 3 aromatic rings. The summed E-state index contributed by atoms with van der Waals surface area (Å²) in [5, 5.41) is 3.10. The van der Waals surface area contributed by atoms with Gasteiger partial charge in [-0.05, 0) is 19.1 Å². The molecule has 110 valence electrons. The minimum atomic E-state index is -0.400. The van der Waals surface area contributed by atoms with Crippen LogP contribution in [0.5, 0.6) is 5.75 Å². The number of thiazole rings is 1. The average Bonchev–Trinajstić information content (AvgIpc) is 2.98. The van der Waals surface area contributed by atoms with Gasteiger partial charge in [0.2, 0.25) is 0 Å². The number of halogens is 1. The Labute approximate surface area is 130 Å². The number of nitrogens with one attached hydrogen (secondary N) is 1. The fraction of sp³-hybridized carbons (Fsp3) is 0.286. The first-order valence-electron chi connectivity index (χ1n) is 6.45. The summed E-state index contributed by atoms with van der Waals surface area (Å²) in [6, 6.07) is 3.08. The summed E-state index contributed by atoms with van der Waals surface area (Å²) in [4.78, 5) is 7.47. The summed E-state index contributed by atoms with van der Waals surface area (Å²) in [7, 11) is 1.45. The highest BCUT2D eigenvalue weighted by Crippen LogP contribution is 2.24. The third-order valence-electron chi connectivity index (χ3n) is 3.31. The van der Waals surface area contributed by atoms with Gasteiger partial charge in [0.25, 0.3) is 0 Å². The quantitative estimate of drug-likeness (QED) is 0.742. The zero-order chi connectivity index (χ0) is 15.0. The van der Waals surface area contributed by atoms with Gasteiger partial charge in [-0.3, -0.25) is 0 Å². The number of benzene rings is 1. The number of hydrogen-bond donors (Lipinski definition) is 1. The molecule has 0 unspecified atom stereocenters. The van der Waals surface area contributed by atoms with Gasteiger partial charge in [-0.2, -0.15) is 0 Å². The molecule has 0 fully saturated rings. The van der Waals surface area contributed by atoms with Crippen molar-refractivity contribution >= 4 is 34.6 Å². The van der Waals surface area contributed by atoms with Crippen molar-refractivity contribution in [2.24, 2.45) is 0 Å². The molecule has 2 aromatic heterocycles. The Bertz CT molecular complexity index is 850. The van der Waals surface area contributed by atoms with Crippen LogP contribution in [0.1, 0.15) is 10.7 Å². The highest BCUT2D eigenvalue weighted by molar-refractivity contribution is 7.71. The Morgan fingerprint density at radius 2 is 2.29 bits per heavy atom. The molecule has 7 heteroatoms. The number of methoxy groups -OCH3 is 1. The Hall–Kier alpha value is -1.73. The van der Waals surface area contributed by atoms with Crippen molar-refractivity contribution in [1.82, 2.24) is 14.5 Å². The van der Waals surface area contributed by atoms with Crippen LogP contribution in [-0.4, -0.2) is 21.6 Å². The van der Waals surface area contributed by atoms with E-state index in [1.165, 1.54) is 13.2 Å². The molecule has 0 radical (unpaired) electrons. The van der Waals surface area contributed by atoms with Crippen molar-refractivity contribution in [1.29, 1.82) is 0 Å². The predicted molar refractivity (Wildman–Crippen MR) is 84.2 cm³/mol. The lowest BCUT2D eigenvalue weighted by molar-refractivity contribution is 0.387. The van der Waals surface area contributed by atoms with Gasteiger partial charge in [0.15, 0.2) is 16.3 Å². The van der Waals surface area contributed by atoms with Crippen LogP contribution in [0.2, 0.25) is 0 Å². The van der Waals surface area contributed by atoms with Gasteiger partial charge in [0, 0.05) is 30.5 Å². The Morgan fingerprint density at radius 1 is 1.48 bits per heavy atom. The van der Waals surface area contributed by atoms with Crippen molar-refractivity contribution in [3.05, 3.63) is 38.8 Å². The molecule has 0 bridgehead atoms. The first-order valence-corrected chi connectivity index (χ1v) is 7.74. The molecule has 2 heterocycles. The van der Waals surface area contributed by atoms with Crippen LogP contribution in [0.4, 0.5) is 4.39 Å². The average molecular weight is 323 g/mol. The Morgan fingerprint density at radius 3 is 2.95 bits per heavy atom. The van der Waals surface area contributed by atoms with E-state index in [0.717, 1.165) is 22.6 Å². The Kier molecular flexibility index (Phi) is 3.77. The van der Waals surface area contributed by atoms with Crippen LogP contribution in [0.15, 0.2) is 17.5 Å². The van der Waals surface area contributed by atoms with E-state index in [1.54, 1.807) is 17.4 Å². The highest BCUT2D eigenvalue weighted by atomic mass is 32.1. The highest BCUT2D eigenvalue weighted by Gasteiger charge is 2.11. The van der Waals surface area contributed by atoms with Gasteiger partial charge in [0.1, 0.15) is 0 Å². The van der Waals surface area contributed by atoms with Crippen LogP contribution >= 0.6 is 23.6 Å². The second kappa shape index (κ2) is 5.57. The largest absolute Gasteiger partial charge is 0.494 e. The maximum absolute atomic E-state index is 13.7. The number of ether oxygens (including phenoxy) is 1. The normalized spacial score (nSPS) is 11.2. The lowest BCUT2D eigenvalue weighted by Crippen LogP contribution is -2.02. The van der Waals surface area contributed by atoms with Crippen molar-refractivity contribution in [2.45, 2.75) is 19.9 Å². The maximum Gasteiger partial charge on any atom is 0.178 e. The zero-order valence-corrected chi connectivity index (χ0v) is 13.3. The van der Waals surface area contributed by atoms with Crippen LogP contribution in [-0.2, 0) is 13.0 Å². The minimum Gasteiger partial charge on any atom is -0.494 e. The Balaban J connectivity index is 1.97. The monoisotopic (exact) mass is 323 g/mol. The van der Waals surface area contributed by atoms with E-state index in [-0.39, 0.29) is 5.75 Å². The molecule has 4 nitrogen and oxygen atoms in total. The molecule has 1 N–H and O–H groups in total. The van der Waals surface area contributed by atoms with Gasteiger partial charge < -0.3 is 14.3 Å². The van der Waals surface area contributed by atoms with Crippen molar-refractivity contribution in [3.8, 4) is 5.75 Å². The summed E-state index contributed by atoms with van der Waals surface area (Å²) in [5.41, 5.74) is 2.56. The second-order valence-corrected chi connectivity index (χ2v) is 6.14. The number of aromatic amines is 1. The molecule has 0 atom stereocenters. The SMILES string of the molecule is COc1cc2c(cc1F)[nH]c(=S)n2CCc1csc(C)n1. The number of fused-ring (bicyclic) bond motifs is 1. The smallest absolute Gasteiger partial charge is 0.178 e. The lowest BCUT2D eigenvalue weighted by Gasteiger charge is -2.05. The molecule has 0 aliphatic heterocycles. The zero-order valence-electron chi connectivity index (χ0n) is 11.6. The fourth-order valence-corrected chi connectivity index (χ4v) is 3.23. The van der Waals surface area contributed by atoms with Crippen LogP contribution in [0.3, 0.4) is 0 Å². The van der Waals surface area contributed by atoms with Crippen LogP contribution in [0.25, 0.3) is 11.0 Å². The van der Waals surface area contributed by atoms with Crippen LogP contribution < -0.4 is 4.74 Å². The van der Waals surface area contributed by atoms with Gasteiger partial charge >= 0.3 is 0 Å². The van der Waals surface area contributed by atoms with E-state index >= 15 is 0 Å². The number of H-pyrrole nitrogens is 1. The van der Waals surface area contributed by atoms with E-state index in [2.05, 4.69) is 9.97 Å². The summed E-state index contributed by atoms with van der Waals surface area (Å²) >= 11 is 6.96. The summed E-state index contributed by atoms with van der Waals surface area (Å²) in [6.45, 7) is 2.68. The number of nitrogens with zero attached hydrogens (tertiary/aromatic N) is 2. The maximum atomic E-state index is 13.7. The van der Waals surface area contributed by atoms with Gasteiger partial charge in [0.05, 0.1) is 28.8 Å². The van der Waals surface area contributed by atoms with E-state index < -0.39 is 5.82 Å².